The molecule has 0 bridgehead atoms. The first-order chi connectivity index (χ1) is 16.3. The third kappa shape index (κ3) is 4.71. The zero-order valence-corrected chi connectivity index (χ0v) is 20.6. The molecule has 2 aromatic heterocycles. The van der Waals surface area contributed by atoms with Gasteiger partial charge in [-0.3, -0.25) is 14.7 Å². The van der Waals surface area contributed by atoms with Gasteiger partial charge in [-0.1, -0.05) is 35.1 Å². The van der Waals surface area contributed by atoms with Crippen molar-refractivity contribution >= 4 is 34.5 Å². The average Bonchev–Trinajstić information content (AvgIpc) is 3.35. The number of aromatic amines is 1. The number of nitrogens with one attached hydrogen (secondary N) is 2. The van der Waals surface area contributed by atoms with Crippen LogP contribution in [0.5, 0.6) is 11.5 Å². The molecule has 4 rings (SSSR count). The van der Waals surface area contributed by atoms with Crippen molar-refractivity contribution in [3.63, 3.8) is 0 Å². The van der Waals surface area contributed by atoms with Crippen LogP contribution < -0.4 is 20.3 Å². The average molecular weight is 499 g/mol. The number of nitrogens with zero attached hydrogens (tertiary/aromatic N) is 2. The van der Waals surface area contributed by atoms with E-state index >= 15 is 0 Å². The lowest BCUT2D eigenvalue weighted by Gasteiger charge is -2.11. The minimum atomic E-state index is -0.345. The minimum Gasteiger partial charge on any atom is -0.497 e. The summed E-state index contributed by atoms with van der Waals surface area (Å²) in [4.78, 5) is 31.0. The van der Waals surface area contributed by atoms with Crippen LogP contribution in [0.2, 0.25) is 5.02 Å². The standard InChI is InChI=1S/C24H23ClN4O4S/c1-13-18(11-15-5-7-16(25)8-6-15)23(31)29(28-13)24-26-14(2)21(34-24)22(30)27-19-10-9-17(32-3)12-20(19)33-4/h5-10,12,28H,11H2,1-4H3,(H,27,30). The van der Waals surface area contributed by atoms with Crippen LogP contribution in [0.15, 0.2) is 47.3 Å². The molecule has 2 N–H and O–H groups in total. The van der Waals surface area contributed by atoms with Gasteiger partial charge in [0.2, 0.25) is 5.13 Å². The van der Waals surface area contributed by atoms with Crippen molar-refractivity contribution in [2.75, 3.05) is 19.5 Å². The summed E-state index contributed by atoms with van der Waals surface area (Å²) in [6, 6.07) is 12.5. The fourth-order valence-corrected chi connectivity index (χ4v) is 4.55. The molecule has 8 nitrogen and oxygen atoms in total. The largest absolute Gasteiger partial charge is 0.497 e. The Kier molecular flexibility index (Phi) is 6.76. The molecule has 0 aliphatic rings. The molecular formula is C24H23ClN4O4S. The quantitative estimate of drug-likeness (QED) is 0.383. The number of ether oxygens (including phenoxy) is 2. The molecule has 0 unspecified atom stereocenters. The maximum absolute atomic E-state index is 13.1. The van der Waals surface area contributed by atoms with Gasteiger partial charge in [-0.2, -0.15) is 4.68 Å². The lowest BCUT2D eigenvalue weighted by molar-refractivity contribution is 0.102. The molecule has 2 aromatic carbocycles. The third-order valence-corrected chi connectivity index (χ3v) is 6.72. The second-order valence-corrected chi connectivity index (χ2v) is 9.00. The number of amides is 1. The van der Waals surface area contributed by atoms with Gasteiger partial charge in [-0.15, -0.1) is 0 Å². The minimum absolute atomic E-state index is 0.204. The molecule has 0 saturated carbocycles. The maximum atomic E-state index is 13.1. The van der Waals surface area contributed by atoms with E-state index in [2.05, 4.69) is 15.4 Å². The van der Waals surface area contributed by atoms with Crippen LogP contribution in [0.25, 0.3) is 5.13 Å². The molecule has 0 aliphatic heterocycles. The predicted octanol–water partition coefficient (Wildman–Crippen LogP) is 4.75. The first-order valence-electron chi connectivity index (χ1n) is 10.4. The highest BCUT2D eigenvalue weighted by atomic mass is 35.5. The van der Waals surface area contributed by atoms with E-state index in [4.69, 9.17) is 21.1 Å². The Morgan fingerprint density at radius 1 is 1.15 bits per heavy atom. The van der Waals surface area contributed by atoms with E-state index in [0.29, 0.717) is 49.9 Å². The molecule has 0 radical (unpaired) electrons. The number of benzene rings is 2. The number of halogens is 1. The molecule has 2 heterocycles. The lowest BCUT2D eigenvalue weighted by atomic mass is 10.1. The number of carbonyl (C=O) groups is 1. The summed E-state index contributed by atoms with van der Waals surface area (Å²) < 4.78 is 11.9. The number of H-pyrrole nitrogens is 1. The van der Waals surface area contributed by atoms with Crippen LogP contribution in [0.3, 0.4) is 0 Å². The van der Waals surface area contributed by atoms with E-state index in [1.54, 1.807) is 44.4 Å². The normalized spacial score (nSPS) is 10.9. The Labute approximate surface area is 205 Å². The van der Waals surface area contributed by atoms with E-state index in [1.807, 2.05) is 19.1 Å². The van der Waals surface area contributed by atoms with Crippen molar-refractivity contribution < 1.29 is 14.3 Å². The molecular weight excluding hydrogens is 476 g/mol. The van der Waals surface area contributed by atoms with Crippen LogP contribution in [-0.4, -0.2) is 34.9 Å². The topological polar surface area (TPSA) is 98.2 Å². The van der Waals surface area contributed by atoms with Gasteiger partial charge in [0.15, 0.2) is 0 Å². The van der Waals surface area contributed by atoms with Crippen molar-refractivity contribution in [3.8, 4) is 16.6 Å². The number of anilines is 1. The summed E-state index contributed by atoms with van der Waals surface area (Å²) in [6.07, 6.45) is 0.459. The fourth-order valence-electron chi connectivity index (χ4n) is 3.50. The second kappa shape index (κ2) is 9.74. The monoisotopic (exact) mass is 498 g/mol. The lowest BCUT2D eigenvalue weighted by Crippen LogP contribution is -2.17. The van der Waals surface area contributed by atoms with Gasteiger partial charge in [0, 0.05) is 28.8 Å². The maximum Gasteiger partial charge on any atom is 0.277 e. The summed E-state index contributed by atoms with van der Waals surface area (Å²) in [5, 5.41) is 6.96. The molecule has 4 aromatic rings. The highest BCUT2D eigenvalue weighted by molar-refractivity contribution is 7.16. The third-order valence-electron chi connectivity index (χ3n) is 5.33. The molecule has 0 saturated heterocycles. The number of carbonyl (C=O) groups excluding carboxylic acids is 1. The summed E-state index contributed by atoms with van der Waals surface area (Å²) in [7, 11) is 3.07. The summed E-state index contributed by atoms with van der Waals surface area (Å²) in [5.74, 6) is 0.738. The van der Waals surface area contributed by atoms with Crippen molar-refractivity contribution in [2.24, 2.45) is 0 Å². The van der Waals surface area contributed by atoms with Crippen molar-refractivity contribution in [3.05, 3.63) is 85.2 Å². The Morgan fingerprint density at radius 2 is 1.88 bits per heavy atom. The highest BCUT2D eigenvalue weighted by Gasteiger charge is 2.21. The number of aryl methyl sites for hydroxylation is 2. The summed E-state index contributed by atoms with van der Waals surface area (Å²) in [5.41, 5.74) is 3.15. The van der Waals surface area contributed by atoms with Crippen molar-refractivity contribution in [2.45, 2.75) is 20.3 Å². The molecule has 34 heavy (non-hydrogen) atoms. The van der Waals surface area contributed by atoms with Crippen LogP contribution in [0.1, 0.15) is 32.2 Å². The van der Waals surface area contributed by atoms with Gasteiger partial charge < -0.3 is 14.8 Å². The SMILES string of the molecule is COc1ccc(NC(=O)c2sc(-n3[nH]c(C)c(Cc4ccc(Cl)cc4)c3=O)nc2C)c(OC)c1. The molecule has 10 heteroatoms. The molecule has 176 valence electrons. The molecule has 0 fully saturated rings. The number of hydrogen-bond donors (Lipinski definition) is 2. The van der Waals surface area contributed by atoms with Crippen molar-refractivity contribution in [1.29, 1.82) is 0 Å². The van der Waals surface area contributed by atoms with E-state index in [0.717, 1.165) is 22.6 Å². The van der Waals surface area contributed by atoms with E-state index in [1.165, 1.54) is 11.8 Å². The van der Waals surface area contributed by atoms with E-state index < -0.39 is 0 Å². The van der Waals surface area contributed by atoms with Gasteiger partial charge in [0.1, 0.15) is 16.4 Å². The molecule has 0 spiro atoms. The number of thiazole rings is 1. The molecule has 0 aliphatic carbocycles. The highest BCUT2D eigenvalue weighted by Crippen LogP contribution is 2.30. The van der Waals surface area contributed by atoms with Gasteiger partial charge in [-0.05, 0) is 43.7 Å². The van der Waals surface area contributed by atoms with Crippen LogP contribution >= 0.6 is 22.9 Å². The molecule has 0 atom stereocenters. The fraction of sp³-hybridized carbons (Fsp3) is 0.208. The summed E-state index contributed by atoms with van der Waals surface area (Å²) >= 11 is 7.09. The number of aromatic nitrogens is 3. The Bertz CT molecular complexity index is 1410. The Morgan fingerprint density at radius 3 is 2.56 bits per heavy atom. The van der Waals surface area contributed by atoms with Crippen LogP contribution in [0.4, 0.5) is 5.69 Å². The van der Waals surface area contributed by atoms with Gasteiger partial charge in [0.05, 0.1) is 25.6 Å². The first kappa shape index (κ1) is 23.6. The predicted molar refractivity (Wildman–Crippen MR) is 133 cm³/mol. The number of hydrogen-bond acceptors (Lipinski definition) is 6. The van der Waals surface area contributed by atoms with Gasteiger partial charge >= 0.3 is 0 Å². The number of methoxy groups -OCH3 is 2. The zero-order valence-electron chi connectivity index (χ0n) is 19.1. The van der Waals surface area contributed by atoms with Crippen LogP contribution in [0, 0.1) is 13.8 Å². The summed E-state index contributed by atoms with van der Waals surface area (Å²) in [6.45, 7) is 3.57. The smallest absolute Gasteiger partial charge is 0.277 e. The Hall–Kier alpha value is -3.56. The van der Waals surface area contributed by atoms with E-state index in [-0.39, 0.29) is 11.5 Å². The molecule has 1 amide bonds. The van der Waals surface area contributed by atoms with E-state index in [9.17, 15) is 9.59 Å². The Balaban J connectivity index is 1.60. The second-order valence-electron chi connectivity index (χ2n) is 7.59. The van der Waals surface area contributed by atoms with Gasteiger partial charge in [0.25, 0.3) is 11.5 Å². The zero-order chi connectivity index (χ0) is 24.4. The first-order valence-corrected chi connectivity index (χ1v) is 11.6. The van der Waals surface area contributed by atoms with Gasteiger partial charge in [-0.25, -0.2) is 4.98 Å². The van der Waals surface area contributed by atoms with Crippen LogP contribution in [-0.2, 0) is 6.42 Å². The number of rotatable bonds is 7. The van der Waals surface area contributed by atoms with Crippen molar-refractivity contribution in [1.82, 2.24) is 14.8 Å².